The fourth-order valence-corrected chi connectivity index (χ4v) is 6.46. The summed E-state index contributed by atoms with van der Waals surface area (Å²) in [6.07, 6.45) is 0.990. The second-order valence-electron chi connectivity index (χ2n) is 9.49. The fourth-order valence-electron chi connectivity index (χ4n) is 5.75. The molecule has 5 heteroatoms. The summed E-state index contributed by atoms with van der Waals surface area (Å²) in [6.45, 7) is 4.12. The third-order valence-electron chi connectivity index (χ3n) is 7.60. The van der Waals surface area contributed by atoms with Gasteiger partial charge in [-0.25, -0.2) is 4.98 Å². The van der Waals surface area contributed by atoms with Gasteiger partial charge in [-0.3, -0.25) is 9.59 Å². The number of Topliss-reactive ketones (excluding diaryl/α,β-unsaturated/α-hetero) is 1. The summed E-state index contributed by atoms with van der Waals surface area (Å²) < 4.78 is 0. The van der Waals surface area contributed by atoms with Crippen molar-refractivity contribution in [2.45, 2.75) is 38.5 Å². The molecular formula is C28H24N2O2S. The number of hydrogen-bond donors (Lipinski definition) is 1. The van der Waals surface area contributed by atoms with E-state index in [0.29, 0.717) is 18.0 Å². The van der Waals surface area contributed by atoms with Crippen molar-refractivity contribution in [3.05, 3.63) is 82.7 Å². The zero-order valence-electron chi connectivity index (χ0n) is 18.6. The first-order chi connectivity index (χ1) is 16.0. The smallest absolute Gasteiger partial charge is 0.232 e. The predicted molar refractivity (Wildman–Crippen MR) is 133 cm³/mol. The molecule has 4 aromatic rings. The third-order valence-corrected chi connectivity index (χ3v) is 8.36. The molecule has 33 heavy (non-hydrogen) atoms. The van der Waals surface area contributed by atoms with E-state index in [1.165, 1.54) is 22.3 Å². The largest absolute Gasteiger partial charge is 0.301 e. The van der Waals surface area contributed by atoms with E-state index in [9.17, 15) is 9.59 Å². The van der Waals surface area contributed by atoms with Crippen LogP contribution in [-0.4, -0.2) is 16.7 Å². The van der Waals surface area contributed by atoms with Gasteiger partial charge in [0, 0.05) is 29.2 Å². The second kappa shape index (κ2) is 7.35. The van der Waals surface area contributed by atoms with E-state index in [4.69, 9.17) is 4.98 Å². The highest BCUT2D eigenvalue weighted by molar-refractivity contribution is 7.14. The lowest BCUT2D eigenvalue weighted by molar-refractivity contribution is -0.134. The average Bonchev–Trinajstić information content (AvgIpc) is 3.29. The van der Waals surface area contributed by atoms with Crippen molar-refractivity contribution < 1.29 is 9.59 Å². The summed E-state index contributed by atoms with van der Waals surface area (Å²) in [5.74, 6) is -0.0691. The van der Waals surface area contributed by atoms with Gasteiger partial charge in [0.15, 0.2) is 5.13 Å². The second-order valence-corrected chi connectivity index (χ2v) is 10.4. The van der Waals surface area contributed by atoms with E-state index in [0.717, 1.165) is 27.8 Å². The number of ketones is 1. The summed E-state index contributed by atoms with van der Waals surface area (Å²) in [6, 6.07) is 20.6. The van der Waals surface area contributed by atoms with Crippen molar-refractivity contribution in [2.75, 3.05) is 5.32 Å². The molecule has 1 heterocycles. The topological polar surface area (TPSA) is 59.1 Å². The number of nitrogens with zero attached hydrogens (tertiary/aromatic N) is 1. The minimum absolute atomic E-state index is 0.0471. The molecule has 0 radical (unpaired) electrons. The van der Waals surface area contributed by atoms with Crippen LogP contribution < -0.4 is 5.32 Å². The molecule has 2 bridgehead atoms. The van der Waals surface area contributed by atoms with Crippen LogP contribution in [0.3, 0.4) is 0 Å². The number of aromatic nitrogens is 1. The van der Waals surface area contributed by atoms with Gasteiger partial charge in [-0.05, 0) is 40.8 Å². The first kappa shape index (κ1) is 20.3. The zero-order chi connectivity index (χ0) is 22.7. The summed E-state index contributed by atoms with van der Waals surface area (Å²) in [5, 5.41) is 8.06. The molecule has 0 saturated heterocycles. The van der Waals surface area contributed by atoms with Crippen molar-refractivity contribution in [2.24, 2.45) is 5.41 Å². The number of aryl methyl sites for hydroxylation is 1. The Kier molecular flexibility index (Phi) is 4.53. The number of nitrogens with one attached hydrogen (secondary N) is 1. The highest BCUT2D eigenvalue weighted by Gasteiger charge is 2.54. The monoisotopic (exact) mass is 452 g/mol. The van der Waals surface area contributed by atoms with Crippen LogP contribution in [0.4, 0.5) is 5.13 Å². The van der Waals surface area contributed by atoms with E-state index in [-0.39, 0.29) is 23.5 Å². The SMILES string of the molecule is Cc1ccc(-c2csc(NC(=O)C3(C)CC4C(=O)CC3c3ccccc34)n2)c2ccccc12. The Bertz CT molecular complexity index is 1440. The van der Waals surface area contributed by atoms with E-state index < -0.39 is 5.41 Å². The predicted octanol–water partition coefficient (Wildman–Crippen LogP) is 6.46. The maximum Gasteiger partial charge on any atom is 0.232 e. The molecule has 3 unspecified atom stereocenters. The van der Waals surface area contributed by atoms with E-state index in [1.54, 1.807) is 0 Å². The lowest BCUT2D eigenvalue weighted by Crippen LogP contribution is -2.49. The van der Waals surface area contributed by atoms with Crippen LogP contribution in [0.25, 0.3) is 22.0 Å². The van der Waals surface area contributed by atoms with Crippen LogP contribution in [0.15, 0.2) is 66.0 Å². The molecule has 0 spiro atoms. The normalized spacial score (nSPS) is 23.5. The number of thiazole rings is 1. The number of carbonyl (C=O) groups excluding carboxylic acids is 2. The molecule has 1 saturated carbocycles. The van der Waals surface area contributed by atoms with Crippen LogP contribution in [-0.2, 0) is 9.59 Å². The van der Waals surface area contributed by atoms with E-state index in [2.05, 4.69) is 42.6 Å². The quantitative estimate of drug-likeness (QED) is 0.388. The Morgan fingerprint density at radius 3 is 2.58 bits per heavy atom. The molecule has 1 N–H and O–H groups in total. The van der Waals surface area contributed by atoms with E-state index >= 15 is 0 Å². The van der Waals surface area contributed by atoms with Crippen LogP contribution in [0.1, 0.15) is 48.3 Å². The van der Waals surface area contributed by atoms with Gasteiger partial charge in [0.2, 0.25) is 5.91 Å². The van der Waals surface area contributed by atoms with Crippen molar-refractivity contribution in [1.82, 2.24) is 4.98 Å². The molecule has 1 amide bonds. The number of carbonyl (C=O) groups is 2. The van der Waals surface area contributed by atoms with Crippen molar-refractivity contribution in [3.8, 4) is 11.3 Å². The highest BCUT2D eigenvalue weighted by atomic mass is 32.1. The summed E-state index contributed by atoms with van der Waals surface area (Å²) in [5.41, 5.74) is 4.78. The van der Waals surface area contributed by atoms with Gasteiger partial charge < -0.3 is 5.32 Å². The molecule has 3 atom stereocenters. The van der Waals surface area contributed by atoms with Gasteiger partial charge >= 0.3 is 0 Å². The van der Waals surface area contributed by atoms with Crippen LogP contribution in [0.5, 0.6) is 0 Å². The lowest BCUT2D eigenvalue weighted by Gasteiger charge is -2.48. The summed E-state index contributed by atoms with van der Waals surface area (Å²) in [4.78, 5) is 30.9. The maximum atomic E-state index is 13.5. The first-order valence-electron chi connectivity index (χ1n) is 11.3. The number of amides is 1. The molecule has 1 fully saturated rings. The fraction of sp³-hybridized carbons (Fsp3) is 0.250. The minimum atomic E-state index is -0.630. The summed E-state index contributed by atoms with van der Waals surface area (Å²) >= 11 is 1.44. The first-order valence-corrected chi connectivity index (χ1v) is 12.2. The molecule has 164 valence electrons. The minimum Gasteiger partial charge on any atom is -0.301 e. The highest BCUT2D eigenvalue weighted by Crippen LogP contribution is 2.57. The Hall–Kier alpha value is -3.31. The van der Waals surface area contributed by atoms with Crippen molar-refractivity contribution >= 4 is 38.9 Å². The number of anilines is 1. The Morgan fingerprint density at radius 1 is 1.03 bits per heavy atom. The molecule has 4 nitrogen and oxygen atoms in total. The molecule has 7 rings (SSSR count). The molecule has 3 aliphatic carbocycles. The Morgan fingerprint density at radius 2 is 1.76 bits per heavy atom. The summed E-state index contributed by atoms with van der Waals surface area (Å²) in [7, 11) is 0. The average molecular weight is 453 g/mol. The number of hydrogen-bond acceptors (Lipinski definition) is 4. The molecule has 3 aliphatic rings. The van der Waals surface area contributed by atoms with Crippen molar-refractivity contribution in [1.29, 1.82) is 0 Å². The van der Waals surface area contributed by atoms with Crippen LogP contribution >= 0.6 is 11.3 Å². The Balaban J connectivity index is 1.30. The van der Waals surface area contributed by atoms with Crippen molar-refractivity contribution in [3.63, 3.8) is 0 Å². The zero-order valence-corrected chi connectivity index (χ0v) is 19.4. The van der Waals surface area contributed by atoms with Gasteiger partial charge in [-0.2, -0.15) is 0 Å². The van der Waals surface area contributed by atoms with Gasteiger partial charge in [-0.15, -0.1) is 11.3 Å². The molecule has 1 aromatic heterocycles. The van der Waals surface area contributed by atoms with Gasteiger partial charge in [0.1, 0.15) is 5.78 Å². The van der Waals surface area contributed by atoms with Gasteiger partial charge in [0.25, 0.3) is 0 Å². The van der Waals surface area contributed by atoms with Crippen LogP contribution in [0, 0.1) is 12.3 Å². The standard InChI is InChI=1S/C28H24N2O2S/c1-16-11-12-21(18-8-4-3-7-17(16)18)24-15-33-27(29-24)30-26(32)28(2)14-22-19-9-5-6-10-20(19)23(28)13-25(22)31/h3-12,15,22-23H,13-14H2,1-2H3,(H,29,30,32). The number of rotatable bonds is 3. The molecule has 0 aliphatic heterocycles. The molecule has 3 aromatic carbocycles. The molecular weight excluding hydrogens is 428 g/mol. The van der Waals surface area contributed by atoms with E-state index in [1.807, 2.05) is 42.6 Å². The maximum absolute atomic E-state index is 13.5. The lowest BCUT2D eigenvalue weighted by atomic mass is 9.54. The van der Waals surface area contributed by atoms with Gasteiger partial charge in [-0.1, -0.05) is 67.6 Å². The van der Waals surface area contributed by atoms with Crippen LogP contribution in [0.2, 0.25) is 0 Å². The third kappa shape index (κ3) is 3.06. The Labute approximate surface area is 196 Å². The number of fused-ring (bicyclic) bond motifs is 3. The van der Waals surface area contributed by atoms with Gasteiger partial charge in [0.05, 0.1) is 11.1 Å². The number of benzene rings is 3.